The number of nitrogens with zero attached hydrogens (tertiary/aromatic N) is 3. The lowest BCUT2D eigenvalue weighted by atomic mass is 9.98. The van der Waals surface area contributed by atoms with Crippen molar-refractivity contribution in [3.05, 3.63) is 108 Å². The summed E-state index contributed by atoms with van der Waals surface area (Å²) in [5.41, 5.74) is 3.36. The molecule has 176 valence electrons. The number of benzene rings is 2. The zero-order valence-corrected chi connectivity index (χ0v) is 20.1. The fourth-order valence-electron chi connectivity index (χ4n) is 4.21. The number of hydrogen-bond acceptors (Lipinski definition) is 4. The molecular weight excluding hydrogens is 448 g/mol. The molecule has 0 spiro atoms. The Labute approximate surface area is 205 Å². The van der Waals surface area contributed by atoms with Gasteiger partial charge in [-0.2, -0.15) is 5.10 Å². The summed E-state index contributed by atoms with van der Waals surface area (Å²) in [6.07, 6.45) is 6.55. The van der Waals surface area contributed by atoms with Crippen LogP contribution in [0.5, 0.6) is 0 Å². The highest BCUT2D eigenvalue weighted by molar-refractivity contribution is 6.30. The maximum atomic E-state index is 13.3. The van der Waals surface area contributed by atoms with Gasteiger partial charge in [-0.1, -0.05) is 61.5 Å². The van der Waals surface area contributed by atoms with Crippen molar-refractivity contribution in [1.29, 1.82) is 0 Å². The number of carbonyl (C=O) groups excluding carboxylic acids is 1. The summed E-state index contributed by atoms with van der Waals surface area (Å²) in [5.74, 6) is -0.794. The van der Waals surface area contributed by atoms with Crippen molar-refractivity contribution in [2.75, 3.05) is 6.54 Å². The number of halogens is 1. The molecule has 0 aliphatic carbocycles. The Hall–Kier alpha value is -3.35. The Morgan fingerprint density at radius 2 is 1.97 bits per heavy atom. The molecule has 0 fully saturated rings. The lowest BCUT2D eigenvalue weighted by Crippen LogP contribution is -2.42. The summed E-state index contributed by atoms with van der Waals surface area (Å²) in [7, 11) is 0. The van der Waals surface area contributed by atoms with Crippen LogP contribution in [0.1, 0.15) is 37.1 Å². The first-order valence-electron chi connectivity index (χ1n) is 11.3. The zero-order valence-electron chi connectivity index (χ0n) is 19.3. The van der Waals surface area contributed by atoms with Crippen molar-refractivity contribution in [3.8, 4) is 5.69 Å². The van der Waals surface area contributed by atoms with Crippen LogP contribution in [0.25, 0.3) is 5.69 Å². The highest BCUT2D eigenvalue weighted by Gasteiger charge is 2.33. The molecule has 7 heteroatoms. The van der Waals surface area contributed by atoms with Crippen LogP contribution in [0.4, 0.5) is 0 Å². The van der Waals surface area contributed by atoms with Crippen LogP contribution in [-0.2, 0) is 4.79 Å². The number of hydrogen-bond donors (Lipinski definition) is 2. The molecule has 1 unspecified atom stereocenters. The summed E-state index contributed by atoms with van der Waals surface area (Å²) in [5, 5.41) is 19.0. The second-order valence-electron chi connectivity index (χ2n) is 8.59. The number of aliphatic hydroxyl groups is 1. The minimum atomic E-state index is -1.03. The average molecular weight is 477 g/mol. The average Bonchev–Trinajstić information content (AvgIpc) is 3.55. The monoisotopic (exact) mass is 476 g/mol. The molecule has 2 heterocycles. The maximum absolute atomic E-state index is 13.3. The number of nitrogens with one attached hydrogen (secondary N) is 1. The Morgan fingerprint density at radius 3 is 2.65 bits per heavy atom. The third kappa shape index (κ3) is 5.08. The van der Waals surface area contributed by atoms with Gasteiger partial charge in [-0.25, -0.2) is 4.68 Å². The first kappa shape index (κ1) is 23.8. The topological polar surface area (TPSA) is 70.4 Å². The summed E-state index contributed by atoms with van der Waals surface area (Å²) < 4.78 is 1.79. The normalized spacial score (nSPS) is 17.9. The molecule has 2 aromatic carbocycles. The van der Waals surface area contributed by atoms with Crippen LogP contribution in [0.15, 0.2) is 91.4 Å². The number of aliphatic hydroxyl groups excluding tert-OH is 1. The van der Waals surface area contributed by atoms with E-state index in [1.165, 1.54) is 0 Å². The van der Waals surface area contributed by atoms with Crippen LogP contribution >= 0.6 is 11.6 Å². The minimum Gasteiger partial charge on any atom is -0.386 e. The Kier molecular flexibility index (Phi) is 7.20. The van der Waals surface area contributed by atoms with E-state index in [0.29, 0.717) is 17.3 Å². The molecule has 0 bridgehead atoms. The highest BCUT2D eigenvalue weighted by atomic mass is 35.5. The van der Waals surface area contributed by atoms with Crippen LogP contribution in [0.3, 0.4) is 0 Å². The Balaban J connectivity index is 1.38. The van der Waals surface area contributed by atoms with Gasteiger partial charge in [0, 0.05) is 35.7 Å². The van der Waals surface area contributed by atoms with Crippen molar-refractivity contribution in [1.82, 2.24) is 20.0 Å². The Morgan fingerprint density at radius 1 is 1.21 bits per heavy atom. The summed E-state index contributed by atoms with van der Waals surface area (Å²) in [4.78, 5) is 15.0. The lowest BCUT2D eigenvalue weighted by Gasteiger charge is -2.31. The molecule has 2 N–H and O–H groups in total. The maximum Gasteiger partial charge on any atom is 0.229 e. The third-order valence-corrected chi connectivity index (χ3v) is 6.45. The molecular formula is C27H29ClN4O2. The number of amides is 1. The molecule has 34 heavy (non-hydrogen) atoms. The molecule has 0 saturated carbocycles. The van der Waals surface area contributed by atoms with Gasteiger partial charge in [0.25, 0.3) is 0 Å². The van der Waals surface area contributed by atoms with Crippen molar-refractivity contribution in [2.24, 2.45) is 5.92 Å². The van der Waals surface area contributed by atoms with Gasteiger partial charge in [-0.3, -0.25) is 4.79 Å². The zero-order chi connectivity index (χ0) is 24.2. The van der Waals surface area contributed by atoms with Crippen molar-refractivity contribution in [3.63, 3.8) is 0 Å². The van der Waals surface area contributed by atoms with Crippen LogP contribution in [0.2, 0.25) is 5.02 Å². The van der Waals surface area contributed by atoms with Gasteiger partial charge in [0.05, 0.1) is 17.6 Å². The van der Waals surface area contributed by atoms with Crippen molar-refractivity contribution < 1.29 is 9.90 Å². The van der Waals surface area contributed by atoms with E-state index in [1.54, 1.807) is 22.7 Å². The van der Waals surface area contributed by atoms with E-state index < -0.39 is 12.0 Å². The smallest absolute Gasteiger partial charge is 0.229 e. The van der Waals surface area contributed by atoms with Crippen LogP contribution in [-0.4, -0.2) is 38.3 Å². The minimum absolute atomic E-state index is 0.0937. The number of rotatable bonds is 8. The van der Waals surface area contributed by atoms with Gasteiger partial charge in [-0.15, -0.1) is 0 Å². The standard InChI is InChI=1S/C27H29ClN4O2/c1-18(27(34)31-15-5-9-25(31)22-7-4-8-23(28)17-22)26(33)20(3)30-19(2)21-10-12-24(13-11-21)32-16-6-14-29-32/h4-14,16-19,25-26,30,33H,3,15H2,1-2H3/t18-,19-,25?,26-/m1/s1. The molecule has 1 aromatic heterocycles. The van der Waals surface area contributed by atoms with E-state index in [1.807, 2.05) is 79.9 Å². The summed E-state index contributed by atoms with van der Waals surface area (Å²) in [6, 6.07) is 17.1. The molecule has 3 aromatic rings. The van der Waals surface area contributed by atoms with Gasteiger partial charge in [0.2, 0.25) is 5.91 Å². The molecule has 1 amide bonds. The fraction of sp³-hybridized carbons (Fsp3) is 0.259. The first-order chi connectivity index (χ1) is 16.3. The molecule has 1 aliphatic heterocycles. The lowest BCUT2D eigenvalue weighted by molar-refractivity contribution is -0.138. The third-order valence-electron chi connectivity index (χ3n) is 6.21. The van der Waals surface area contributed by atoms with E-state index in [9.17, 15) is 9.90 Å². The van der Waals surface area contributed by atoms with E-state index in [0.717, 1.165) is 16.8 Å². The number of aromatic nitrogens is 2. The molecule has 0 radical (unpaired) electrons. The SMILES string of the molecule is C=C(N[C@H](C)c1ccc(-n2cccn2)cc1)[C@H](O)[C@@H](C)C(=O)N1CC=CC1c1cccc(Cl)c1. The molecule has 4 rings (SSSR count). The quantitative estimate of drug-likeness (QED) is 0.457. The van der Waals surface area contributed by atoms with Gasteiger partial charge in [-0.05, 0) is 48.4 Å². The van der Waals surface area contributed by atoms with E-state index >= 15 is 0 Å². The van der Waals surface area contributed by atoms with Gasteiger partial charge in [0.15, 0.2) is 0 Å². The number of carbonyl (C=O) groups is 1. The van der Waals surface area contributed by atoms with Gasteiger partial charge < -0.3 is 15.3 Å². The summed E-state index contributed by atoms with van der Waals surface area (Å²) in [6.45, 7) is 8.24. The van der Waals surface area contributed by atoms with Crippen molar-refractivity contribution >= 4 is 17.5 Å². The second-order valence-corrected chi connectivity index (χ2v) is 9.02. The van der Waals surface area contributed by atoms with E-state index in [-0.39, 0.29) is 18.0 Å². The predicted molar refractivity (Wildman–Crippen MR) is 134 cm³/mol. The molecule has 4 atom stereocenters. The van der Waals surface area contributed by atoms with Crippen LogP contribution < -0.4 is 5.32 Å². The molecule has 1 aliphatic rings. The van der Waals surface area contributed by atoms with Gasteiger partial charge in [0.1, 0.15) is 6.10 Å². The van der Waals surface area contributed by atoms with Gasteiger partial charge >= 0.3 is 0 Å². The molecule has 6 nitrogen and oxygen atoms in total. The first-order valence-corrected chi connectivity index (χ1v) is 11.7. The largest absolute Gasteiger partial charge is 0.386 e. The second kappa shape index (κ2) is 10.3. The van der Waals surface area contributed by atoms with Crippen molar-refractivity contribution in [2.45, 2.75) is 32.0 Å². The predicted octanol–water partition coefficient (Wildman–Crippen LogP) is 4.83. The Bertz CT molecular complexity index is 1170. The van der Waals surface area contributed by atoms with E-state index in [2.05, 4.69) is 17.0 Å². The van der Waals surface area contributed by atoms with E-state index in [4.69, 9.17) is 11.6 Å². The summed E-state index contributed by atoms with van der Waals surface area (Å²) >= 11 is 6.15. The highest BCUT2D eigenvalue weighted by Crippen LogP contribution is 2.31. The fourth-order valence-corrected chi connectivity index (χ4v) is 4.41. The van der Waals surface area contributed by atoms with Crippen LogP contribution in [0, 0.1) is 5.92 Å². The molecule has 0 saturated heterocycles.